The SMILES string of the molecule is CCc1nccn1CCC(=O)N1C[C@@H]2NC(=O)c3cncc(c3)-c3cccc(c3)OCC(=O)NCc3ccc(cc3OC)O[C@H]2C1. The van der Waals surface area contributed by atoms with Gasteiger partial charge in [-0.3, -0.25) is 19.4 Å². The molecule has 2 aromatic heterocycles. The van der Waals surface area contributed by atoms with Crippen molar-refractivity contribution in [3.8, 4) is 28.4 Å². The van der Waals surface area contributed by atoms with Gasteiger partial charge in [-0.05, 0) is 35.9 Å². The van der Waals surface area contributed by atoms with Crippen LogP contribution in [0.2, 0.25) is 0 Å². The minimum absolute atomic E-state index is 0.0407. The molecule has 1 fully saturated rings. The highest BCUT2D eigenvalue weighted by Crippen LogP contribution is 2.28. The molecule has 7 rings (SSSR count). The summed E-state index contributed by atoms with van der Waals surface area (Å²) < 4.78 is 19.7. The maximum Gasteiger partial charge on any atom is 0.258 e. The third-order valence-corrected chi connectivity index (χ3v) is 8.18. The topological polar surface area (TPSA) is 137 Å². The lowest BCUT2D eigenvalue weighted by Crippen LogP contribution is -2.45. The highest BCUT2D eigenvalue weighted by Gasteiger charge is 2.38. The monoisotopic (exact) mass is 624 g/mol. The molecule has 2 N–H and O–H groups in total. The second-order valence-electron chi connectivity index (χ2n) is 11.2. The molecule has 2 aromatic carbocycles. The van der Waals surface area contributed by atoms with E-state index < -0.39 is 12.1 Å². The van der Waals surface area contributed by atoms with Crippen molar-refractivity contribution >= 4 is 17.7 Å². The molecule has 12 heteroatoms. The number of amides is 3. The number of ether oxygens (including phenoxy) is 3. The third-order valence-electron chi connectivity index (χ3n) is 8.18. The van der Waals surface area contributed by atoms with Gasteiger partial charge in [-0.1, -0.05) is 19.1 Å². The quantitative estimate of drug-likeness (QED) is 0.346. The molecule has 3 amide bonds. The molecule has 0 unspecified atom stereocenters. The smallest absolute Gasteiger partial charge is 0.258 e. The summed E-state index contributed by atoms with van der Waals surface area (Å²) >= 11 is 0. The van der Waals surface area contributed by atoms with E-state index in [9.17, 15) is 14.4 Å². The number of hydrogen-bond acceptors (Lipinski definition) is 8. The van der Waals surface area contributed by atoms with Crippen molar-refractivity contribution in [1.82, 2.24) is 30.1 Å². The Hall–Kier alpha value is -5.39. The highest BCUT2D eigenvalue weighted by molar-refractivity contribution is 5.95. The maximum atomic E-state index is 13.6. The Kier molecular flexibility index (Phi) is 9.13. The minimum atomic E-state index is -0.529. The van der Waals surface area contributed by atoms with Crippen LogP contribution in [0.1, 0.15) is 35.1 Å². The molecule has 46 heavy (non-hydrogen) atoms. The second-order valence-corrected chi connectivity index (χ2v) is 11.2. The lowest BCUT2D eigenvalue weighted by Gasteiger charge is -2.22. The fraction of sp³-hybridized carbons (Fsp3) is 0.324. The Morgan fingerprint density at radius 2 is 1.91 bits per heavy atom. The summed E-state index contributed by atoms with van der Waals surface area (Å²) in [5.74, 6) is 1.81. The van der Waals surface area contributed by atoms with Gasteiger partial charge in [0.15, 0.2) is 6.61 Å². The molecule has 0 spiro atoms. The molecule has 6 bridgehead atoms. The summed E-state index contributed by atoms with van der Waals surface area (Å²) in [6, 6.07) is 13.9. The number of aryl methyl sites for hydroxylation is 2. The number of benzene rings is 2. The maximum absolute atomic E-state index is 13.6. The van der Waals surface area contributed by atoms with Gasteiger partial charge in [0, 0.05) is 74.5 Å². The number of carbonyl (C=O) groups is 3. The van der Waals surface area contributed by atoms with Crippen LogP contribution in [0.3, 0.4) is 0 Å². The molecule has 238 valence electrons. The van der Waals surface area contributed by atoms with Crippen LogP contribution in [-0.2, 0) is 29.1 Å². The summed E-state index contributed by atoms with van der Waals surface area (Å²) in [4.78, 5) is 50.0. The zero-order valence-corrected chi connectivity index (χ0v) is 25.8. The number of imidazole rings is 1. The third kappa shape index (κ3) is 6.96. The van der Waals surface area contributed by atoms with Gasteiger partial charge in [0.25, 0.3) is 11.8 Å². The van der Waals surface area contributed by atoms with Gasteiger partial charge in [-0.15, -0.1) is 0 Å². The van der Waals surface area contributed by atoms with Crippen molar-refractivity contribution in [2.75, 3.05) is 26.8 Å². The van der Waals surface area contributed by atoms with Crippen LogP contribution in [-0.4, -0.2) is 76.1 Å². The zero-order chi connectivity index (χ0) is 32.0. The van der Waals surface area contributed by atoms with Gasteiger partial charge in [0.1, 0.15) is 29.2 Å². The Labute approximate surface area is 266 Å². The van der Waals surface area contributed by atoms with Crippen LogP contribution in [0, 0.1) is 0 Å². The van der Waals surface area contributed by atoms with Gasteiger partial charge < -0.3 is 34.3 Å². The molecule has 0 saturated carbocycles. The summed E-state index contributed by atoms with van der Waals surface area (Å²) in [6.07, 6.45) is 7.32. The molecule has 3 aliphatic heterocycles. The van der Waals surface area contributed by atoms with E-state index >= 15 is 0 Å². The van der Waals surface area contributed by atoms with Crippen molar-refractivity contribution in [2.45, 2.75) is 45.0 Å². The van der Waals surface area contributed by atoms with Gasteiger partial charge in [0.05, 0.1) is 25.3 Å². The normalized spacial score (nSPS) is 18.1. The average molecular weight is 625 g/mol. The Morgan fingerprint density at radius 1 is 1.04 bits per heavy atom. The fourth-order valence-electron chi connectivity index (χ4n) is 5.72. The van der Waals surface area contributed by atoms with E-state index in [1.807, 2.05) is 35.9 Å². The molecule has 1 saturated heterocycles. The molecule has 5 heterocycles. The average Bonchev–Trinajstić information content (AvgIpc) is 3.71. The number of methoxy groups -OCH3 is 1. The van der Waals surface area contributed by atoms with Crippen LogP contribution in [0.25, 0.3) is 11.1 Å². The first kappa shape index (κ1) is 30.6. The first-order valence-corrected chi connectivity index (χ1v) is 15.3. The van der Waals surface area contributed by atoms with Crippen LogP contribution >= 0.6 is 0 Å². The van der Waals surface area contributed by atoms with Crippen LogP contribution in [0.4, 0.5) is 0 Å². The number of nitrogens with zero attached hydrogens (tertiary/aromatic N) is 4. The van der Waals surface area contributed by atoms with Gasteiger partial charge >= 0.3 is 0 Å². The molecule has 2 atom stereocenters. The number of nitrogens with one attached hydrogen (secondary N) is 2. The van der Waals surface area contributed by atoms with E-state index in [-0.39, 0.29) is 37.4 Å². The number of rotatable bonds is 5. The standard InChI is InChI=1S/C34H36N6O6/c1-3-31-36-10-12-39(31)11-9-33(42)40-19-28-30(20-40)46-27-8-7-23(29(15-27)44-2)18-37-32(41)21-45-26-6-4-5-22(14-26)24-13-25(17-35-16-24)34(43)38-28/h4-8,10,12-17,28,30H,3,9,11,18-21H2,1-2H3,(H,37,41)(H,38,43)/t28-,30-/m0/s1. The van der Waals surface area contributed by atoms with E-state index in [2.05, 4.69) is 20.6 Å². The number of hydrogen-bond donors (Lipinski definition) is 2. The summed E-state index contributed by atoms with van der Waals surface area (Å²) in [6.45, 7) is 3.17. The van der Waals surface area contributed by atoms with Crippen molar-refractivity contribution < 1.29 is 28.6 Å². The van der Waals surface area contributed by atoms with Crippen molar-refractivity contribution in [3.05, 3.63) is 90.3 Å². The molecule has 0 radical (unpaired) electrons. The van der Waals surface area contributed by atoms with Crippen LogP contribution in [0.15, 0.2) is 73.3 Å². The first-order chi connectivity index (χ1) is 22.4. The zero-order valence-electron chi connectivity index (χ0n) is 25.8. The minimum Gasteiger partial charge on any atom is -0.496 e. The predicted molar refractivity (Wildman–Crippen MR) is 168 cm³/mol. The summed E-state index contributed by atoms with van der Waals surface area (Å²) in [5.41, 5.74) is 2.61. The highest BCUT2D eigenvalue weighted by atomic mass is 16.5. The van der Waals surface area contributed by atoms with Crippen molar-refractivity contribution in [3.63, 3.8) is 0 Å². The van der Waals surface area contributed by atoms with Gasteiger partial charge in [-0.2, -0.15) is 0 Å². The van der Waals surface area contributed by atoms with Crippen molar-refractivity contribution in [1.29, 1.82) is 0 Å². The van der Waals surface area contributed by atoms with E-state index in [0.29, 0.717) is 47.9 Å². The van der Waals surface area contributed by atoms with Crippen molar-refractivity contribution in [2.24, 2.45) is 0 Å². The Bertz CT molecular complexity index is 1740. The molecule has 0 aliphatic carbocycles. The lowest BCUT2D eigenvalue weighted by molar-refractivity contribution is -0.130. The largest absolute Gasteiger partial charge is 0.496 e. The van der Waals surface area contributed by atoms with Crippen LogP contribution < -0.4 is 24.8 Å². The van der Waals surface area contributed by atoms with Crippen LogP contribution in [0.5, 0.6) is 17.2 Å². The van der Waals surface area contributed by atoms with Gasteiger partial charge in [-0.25, -0.2) is 4.98 Å². The molecule has 3 aliphatic rings. The van der Waals surface area contributed by atoms with E-state index in [4.69, 9.17) is 14.2 Å². The number of likely N-dealkylation sites (tertiary alicyclic amines) is 1. The van der Waals surface area contributed by atoms with E-state index in [0.717, 1.165) is 23.4 Å². The molecular weight excluding hydrogens is 588 g/mol. The van der Waals surface area contributed by atoms with E-state index in [1.165, 1.54) is 6.20 Å². The number of aromatic nitrogens is 3. The molecule has 4 aromatic rings. The Balaban J connectivity index is 1.28. The number of pyridine rings is 1. The first-order valence-electron chi connectivity index (χ1n) is 15.3. The summed E-state index contributed by atoms with van der Waals surface area (Å²) in [7, 11) is 1.55. The lowest BCUT2D eigenvalue weighted by atomic mass is 10.1. The number of carbonyl (C=O) groups excluding carboxylic acids is 3. The molecule has 12 nitrogen and oxygen atoms in total. The van der Waals surface area contributed by atoms with Gasteiger partial charge in [0.2, 0.25) is 5.91 Å². The fourth-order valence-corrected chi connectivity index (χ4v) is 5.72. The molecular formula is C34H36N6O6. The Morgan fingerprint density at radius 3 is 2.76 bits per heavy atom. The second kappa shape index (κ2) is 13.7. The van der Waals surface area contributed by atoms with E-state index in [1.54, 1.807) is 54.7 Å². The summed E-state index contributed by atoms with van der Waals surface area (Å²) in [5, 5.41) is 5.96. The predicted octanol–water partition coefficient (Wildman–Crippen LogP) is 3.00. The number of fused-ring (bicyclic) bond motifs is 7.